The number of fused-ring (bicyclic) bond motifs is 13. The largest absolute Gasteiger partial charge is 0.501 e. The van der Waals surface area contributed by atoms with Crippen LogP contribution in [0.3, 0.4) is 0 Å². The van der Waals surface area contributed by atoms with Crippen LogP contribution < -0.4 is 14.5 Å². The van der Waals surface area contributed by atoms with Crippen molar-refractivity contribution in [3.63, 3.8) is 0 Å². The van der Waals surface area contributed by atoms with Crippen LogP contribution in [0.25, 0.3) is 66.0 Å². The predicted octanol–water partition coefficient (Wildman–Crippen LogP) is 13.0. The molecule has 0 spiro atoms. The molecule has 0 saturated carbocycles. The molecule has 7 aromatic carbocycles. The first-order valence-electron chi connectivity index (χ1n) is 19.8. The van der Waals surface area contributed by atoms with E-state index in [-0.39, 0.29) is 21.1 Å². The number of aryl methyl sites for hydroxylation is 3. The molecule has 0 aliphatic carbocycles. The van der Waals surface area contributed by atoms with Crippen LogP contribution in [0.2, 0.25) is 0 Å². The van der Waals surface area contributed by atoms with Crippen molar-refractivity contribution in [3.8, 4) is 17.2 Å². The van der Waals surface area contributed by atoms with E-state index < -0.39 is 0 Å². The number of aromatic nitrogens is 4. The van der Waals surface area contributed by atoms with E-state index in [1.807, 2.05) is 42.6 Å². The summed E-state index contributed by atoms with van der Waals surface area (Å²) >= 11 is 0. The second-order valence-electron chi connectivity index (χ2n) is 15.3. The molecule has 1 aliphatic rings. The number of anilines is 4. The van der Waals surface area contributed by atoms with Crippen molar-refractivity contribution in [2.45, 2.75) is 20.8 Å². The Bertz CT molecular complexity index is 3500. The molecule has 12 rings (SSSR count). The molecule has 0 N–H and O–H groups in total. The molecule has 7 nitrogen and oxygen atoms in total. The number of hydrogen-bond acceptors (Lipinski definition) is 5. The monoisotopic (exact) mass is 954 g/mol. The maximum atomic E-state index is 7.14. The van der Waals surface area contributed by atoms with Crippen molar-refractivity contribution in [2.75, 3.05) is 9.80 Å². The molecule has 1 aliphatic heterocycles. The number of rotatable bonds is 5. The maximum absolute atomic E-state index is 7.14. The van der Waals surface area contributed by atoms with Crippen LogP contribution in [0.1, 0.15) is 16.7 Å². The van der Waals surface area contributed by atoms with Crippen molar-refractivity contribution in [1.82, 2.24) is 18.9 Å². The molecule has 60 heavy (non-hydrogen) atoms. The van der Waals surface area contributed by atoms with Gasteiger partial charge in [0.25, 0.3) is 0 Å². The van der Waals surface area contributed by atoms with E-state index in [1.54, 1.807) is 0 Å². The molecule has 0 saturated heterocycles. The van der Waals surface area contributed by atoms with E-state index in [0.29, 0.717) is 11.5 Å². The van der Waals surface area contributed by atoms with Gasteiger partial charge in [0.15, 0.2) is 0 Å². The molecule has 0 radical (unpaired) electrons. The summed E-state index contributed by atoms with van der Waals surface area (Å²) in [6.07, 6.45) is 1.86. The van der Waals surface area contributed by atoms with Crippen LogP contribution in [0, 0.1) is 39.6 Å². The zero-order chi connectivity index (χ0) is 39.4. The van der Waals surface area contributed by atoms with Crippen molar-refractivity contribution in [1.29, 1.82) is 0 Å². The van der Waals surface area contributed by atoms with Gasteiger partial charge in [0.05, 0.1) is 22.4 Å². The van der Waals surface area contributed by atoms with Crippen molar-refractivity contribution in [3.05, 3.63) is 187 Å². The van der Waals surface area contributed by atoms with E-state index >= 15 is 0 Å². The Morgan fingerprint density at radius 3 is 2.13 bits per heavy atom. The van der Waals surface area contributed by atoms with Gasteiger partial charge in [-0.1, -0.05) is 107 Å². The first-order valence-corrected chi connectivity index (χ1v) is 19.8. The first-order chi connectivity index (χ1) is 29.0. The van der Waals surface area contributed by atoms with Gasteiger partial charge in [0.1, 0.15) is 5.65 Å². The van der Waals surface area contributed by atoms with E-state index in [1.165, 1.54) is 22.4 Å². The van der Waals surface area contributed by atoms with Gasteiger partial charge in [-0.2, -0.15) is 6.07 Å². The molecule has 4 aromatic heterocycles. The normalized spacial score (nSPS) is 12.7. The molecule has 0 fully saturated rings. The smallest absolute Gasteiger partial charge is 0.128 e. The van der Waals surface area contributed by atoms with E-state index in [2.05, 4.69) is 168 Å². The number of hydrogen-bond donors (Lipinski definition) is 0. The van der Waals surface area contributed by atoms with Gasteiger partial charge >= 0.3 is 0 Å². The Hall–Kier alpha value is -6.95. The summed E-state index contributed by atoms with van der Waals surface area (Å²) in [6.45, 7) is 8.68. The number of pyridine rings is 2. The quantitative estimate of drug-likeness (QED) is 0.127. The number of benzene rings is 7. The summed E-state index contributed by atoms with van der Waals surface area (Å²) in [4.78, 5) is 14.7. The molecule has 0 unspecified atom stereocenters. The zero-order valence-corrected chi connectivity index (χ0v) is 35.2. The molecule has 0 atom stereocenters. The molecule has 8 heteroatoms. The summed E-state index contributed by atoms with van der Waals surface area (Å²) < 4.78 is 11.6. The van der Waals surface area contributed by atoms with E-state index in [4.69, 9.17) is 14.7 Å². The molecular formula is C52H35N6OPt-3. The Morgan fingerprint density at radius 1 is 0.617 bits per heavy atom. The Morgan fingerprint density at radius 2 is 1.32 bits per heavy atom. The number of nitrogens with zero attached hydrogens (tertiary/aromatic N) is 6. The average molecular weight is 955 g/mol. The standard InChI is InChI=1S/C52H35N6O.Pt/c1-32-27-33(2)49(34(3)28-32)56-31-55(44-24-11-12-25-45(44)56)36-17-13-18-37(29-36)59-46-30-40-47(39-20-14-26-53-51(39)58-43-23-10-8-21-41(43)54-52(40)58)48-38-19-7-9-22-42(38)57(50(46)48)35-15-5-4-6-16-35;/h4-28,31H,1-3H3;/q-3;. The first kappa shape index (κ1) is 36.2. The van der Waals surface area contributed by atoms with Gasteiger partial charge in [-0.3, -0.25) is 4.98 Å². The van der Waals surface area contributed by atoms with Crippen LogP contribution in [0.15, 0.2) is 152 Å². The fraction of sp³-hybridized carbons (Fsp3) is 0.0577. The van der Waals surface area contributed by atoms with Crippen molar-refractivity contribution >= 4 is 83.0 Å². The minimum Gasteiger partial charge on any atom is -0.501 e. The Labute approximate surface area is 361 Å². The van der Waals surface area contributed by atoms with Gasteiger partial charge < -0.3 is 23.5 Å². The predicted molar refractivity (Wildman–Crippen MR) is 240 cm³/mol. The maximum Gasteiger partial charge on any atom is 0.128 e. The number of ether oxygens (including phenoxy) is 1. The number of imidazole rings is 1. The third kappa shape index (κ3) is 5.32. The zero-order valence-electron chi connectivity index (χ0n) is 32.9. The van der Waals surface area contributed by atoms with Crippen LogP contribution in [0.5, 0.6) is 11.5 Å². The Kier molecular flexibility index (Phi) is 8.33. The topological polar surface area (TPSA) is 50.8 Å². The molecule has 0 bridgehead atoms. The summed E-state index contributed by atoms with van der Waals surface area (Å²) in [5.74, 6) is 1.15. The molecule has 292 valence electrons. The van der Waals surface area contributed by atoms with Gasteiger partial charge in [-0.05, 0) is 91.2 Å². The molecular weight excluding hydrogens is 920 g/mol. The second kappa shape index (κ2) is 13.8. The van der Waals surface area contributed by atoms with Gasteiger partial charge in [-0.15, -0.1) is 30.6 Å². The van der Waals surface area contributed by atoms with Crippen LogP contribution in [0.4, 0.5) is 22.7 Å². The van der Waals surface area contributed by atoms with Crippen molar-refractivity contribution < 1.29 is 25.8 Å². The fourth-order valence-corrected chi connectivity index (χ4v) is 9.38. The summed E-state index contributed by atoms with van der Waals surface area (Å²) in [5.41, 5.74) is 14.4. The number of para-hydroxylation sites is 6. The minimum absolute atomic E-state index is 0. The summed E-state index contributed by atoms with van der Waals surface area (Å²) in [6, 6.07) is 58.0. The minimum atomic E-state index is 0. The molecule has 0 amide bonds. The average Bonchev–Trinajstić information content (AvgIpc) is 3.95. The third-order valence-corrected chi connectivity index (χ3v) is 11.6. The molecule has 5 heterocycles. The fourth-order valence-electron chi connectivity index (χ4n) is 9.38. The van der Waals surface area contributed by atoms with Crippen LogP contribution in [-0.4, -0.2) is 18.9 Å². The van der Waals surface area contributed by atoms with Gasteiger partial charge in [-0.25, -0.2) is 4.98 Å². The SMILES string of the molecule is Cc1cc(C)c(N2[CH-]N(c3[c-]c(Oc4[c-]c5c(c6cccnc6n6c7ccccc7nc56)c5c6ccccc6n(-c6ccccc6)c45)ccc3)c3ccccc32)c(C)c1.[Pt]. The third-order valence-electron chi connectivity index (χ3n) is 11.6. The van der Waals surface area contributed by atoms with E-state index in [9.17, 15) is 0 Å². The van der Waals surface area contributed by atoms with Crippen molar-refractivity contribution in [2.24, 2.45) is 0 Å². The summed E-state index contributed by atoms with van der Waals surface area (Å²) in [7, 11) is 0. The van der Waals surface area contributed by atoms with Gasteiger partial charge in [0.2, 0.25) is 0 Å². The molecule has 11 aromatic rings. The van der Waals surface area contributed by atoms with E-state index in [0.717, 1.165) is 83.0 Å². The second-order valence-corrected chi connectivity index (χ2v) is 15.3. The van der Waals surface area contributed by atoms with Gasteiger partial charge in [0, 0.05) is 66.8 Å². The van der Waals surface area contributed by atoms with Crippen LogP contribution >= 0.6 is 0 Å². The summed E-state index contributed by atoms with van der Waals surface area (Å²) in [5, 5.41) is 5.06. The van der Waals surface area contributed by atoms with Crippen LogP contribution in [-0.2, 0) is 21.1 Å². The Balaban J connectivity index is 0.00000408.